The summed E-state index contributed by atoms with van der Waals surface area (Å²) >= 11 is 0. The van der Waals surface area contributed by atoms with Gasteiger partial charge in [-0.25, -0.2) is 4.98 Å². The second kappa shape index (κ2) is 11.7. The average molecular weight is 521 g/mol. The van der Waals surface area contributed by atoms with Gasteiger partial charge < -0.3 is 25.4 Å². The molecule has 0 bridgehead atoms. The number of fused-ring (bicyclic) bond motifs is 1. The van der Waals surface area contributed by atoms with Crippen molar-refractivity contribution in [1.82, 2.24) is 19.9 Å². The molecule has 1 aromatic carbocycles. The Bertz CT molecular complexity index is 1260. The van der Waals surface area contributed by atoms with Crippen molar-refractivity contribution in [2.24, 2.45) is 11.8 Å². The summed E-state index contributed by atoms with van der Waals surface area (Å²) in [6.45, 7) is 9.41. The van der Waals surface area contributed by atoms with Crippen LogP contribution in [0, 0.1) is 18.8 Å². The molecule has 38 heavy (non-hydrogen) atoms. The molecule has 1 saturated heterocycles. The topological polar surface area (TPSA) is 102 Å². The lowest BCUT2D eigenvalue weighted by Crippen LogP contribution is -2.31. The van der Waals surface area contributed by atoms with Crippen LogP contribution in [-0.4, -0.2) is 66.1 Å². The molecule has 0 spiro atoms. The number of hydrogen-bond donors (Lipinski definition) is 3. The van der Waals surface area contributed by atoms with E-state index in [-0.39, 0.29) is 11.9 Å². The number of hydrogen-bond acceptors (Lipinski definition) is 7. The highest BCUT2D eigenvalue weighted by atomic mass is 16.5. The zero-order valence-corrected chi connectivity index (χ0v) is 22.9. The fraction of sp³-hybridized carbons (Fsp3) is 0.552. The molecular weight excluding hydrogens is 480 g/mol. The molecule has 9 heteroatoms. The first-order valence-electron chi connectivity index (χ1n) is 13.8. The van der Waals surface area contributed by atoms with Gasteiger partial charge in [0.05, 0.1) is 18.8 Å². The molecule has 9 nitrogen and oxygen atoms in total. The van der Waals surface area contributed by atoms with Crippen molar-refractivity contribution in [3.63, 3.8) is 0 Å². The van der Waals surface area contributed by atoms with E-state index in [1.165, 1.54) is 0 Å². The lowest BCUT2D eigenvalue weighted by atomic mass is 10.0. The highest BCUT2D eigenvalue weighted by Crippen LogP contribution is 2.30. The van der Waals surface area contributed by atoms with Gasteiger partial charge in [0.2, 0.25) is 0 Å². The fourth-order valence-electron chi connectivity index (χ4n) is 4.91. The summed E-state index contributed by atoms with van der Waals surface area (Å²) in [5, 5.41) is 15.0. The van der Waals surface area contributed by atoms with Gasteiger partial charge in [-0.3, -0.25) is 4.79 Å². The summed E-state index contributed by atoms with van der Waals surface area (Å²) in [6, 6.07) is 8.44. The SMILES string of the molecule is COC[C@@H](Nc1cc(NCC2CCOCC2)n2ncc(-c3ccc(C(=O)NC4CC4)c(C)c3)c2n1)C(C)C. The molecule has 1 saturated carbocycles. The van der Waals surface area contributed by atoms with Gasteiger partial charge in [0.1, 0.15) is 11.6 Å². The number of amides is 1. The number of anilines is 2. The van der Waals surface area contributed by atoms with Crippen LogP contribution in [0.2, 0.25) is 0 Å². The van der Waals surface area contributed by atoms with E-state index in [9.17, 15) is 4.79 Å². The van der Waals surface area contributed by atoms with Crippen molar-refractivity contribution in [2.75, 3.05) is 44.1 Å². The van der Waals surface area contributed by atoms with Gasteiger partial charge in [0, 0.05) is 50.1 Å². The van der Waals surface area contributed by atoms with Gasteiger partial charge in [-0.15, -0.1) is 0 Å². The molecule has 3 N–H and O–H groups in total. The third-order valence-electron chi connectivity index (χ3n) is 7.56. The second-order valence-corrected chi connectivity index (χ2v) is 11.0. The Morgan fingerprint density at radius 1 is 1.18 bits per heavy atom. The lowest BCUT2D eigenvalue weighted by Gasteiger charge is -2.24. The van der Waals surface area contributed by atoms with Crippen molar-refractivity contribution in [1.29, 1.82) is 0 Å². The summed E-state index contributed by atoms with van der Waals surface area (Å²) in [4.78, 5) is 17.7. The summed E-state index contributed by atoms with van der Waals surface area (Å²) in [5.41, 5.74) is 4.32. The monoisotopic (exact) mass is 520 g/mol. The summed E-state index contributed by atoms with van der Waals surface area (Å²) in [6.07, 6.45) is 6.11. The molecule has 2 aliphatic rings. The van der Waals surface area contributed by atoms with Crippen LogP contribution in [0.5, 0.6) is 0 Å². The Labute approximate surface area is 224 Å². The average Bonchev–Trinajstić information content (AvgIpc) is 3.62. The zero-order valence-electron chi connectivity index (χ0n) is 22.9. The molecular formula is C29H40N6O3. The Hall–Kier alpha value is -3.17. The maximum atomic E-state index is 12.7. The van der Waals surface area contributed by atoms with E-state index in [0.717, 1.165) is 79.4 Å². The van der Waals surface area contributed by atoms with Gasteiger partial charge in [-0.1, -0.05) is 26.0 Å². The minimum atomic E-state index is -0.00139. The Kier molecular flexibility index (Phi) is 8.14. The van der Waals surface area contributed by atoms with E-state index in [1.54, 1.807) is 7.11 Å². The summed E-state index contributed by atoms with van der Waals surface area (Å²) in [5.74, 6) is 2.60. The third kappa shape index (κ3) is 6.10. The number of nitrogens with zero attached hydrogens (tertiary/aromatic N) is 3. The van der Waals surface area contributed by atoms with Crippen molar-refractivity contribution >= 4 is 23.2 Å². The second-order valence-electron chi connectivity index (χ2n) is 11.0. The molecule has 0 unspecified atom stereocenters. The van der Waals surface area contributed by atoms with Crippen molar-refractivity contribution in [3.05, 3.63) is 41.6 Å². The van der Waals surface area contributed by atoms with Crippen LogP contribution < -0.4 is 16.0 Å². The van der Waals surface area contributed by atoms with Crippen LogP contribution >= 0.6 is 0 Å². The summed E-state index contributed by atoms with van der Waals surface area (Å²) in [7, 11) is 1.72. The number of carbonyl (C=O) groups excluding carboxylic acids is 1. The van der Waals surface area contributed by atoms with Gasteiger partial charge in [0.25, 0.3) is 5.91 Å². The maximum absolute atomic E-state index is 12.7. The standard InChI is InChI=1S/C29H40N6O3/c1-18(2)25(17-37-4)33-26-14-27(30-15-20-9-11-38-12-10-20)35-28(34-26)24(16-31-35)21-5-8-23(19(3)13-21)29(36)32-22-6-7-22/h5,8,13-14,16,18,20,22,25,30H,6-7,9-12,15,17H2,1-4H3,(H,32,36)(H,33,34)/t25-/m1/s1. The number of rotatable bonds is 11. The van der Waals surface area contributed by atoms with E-state index in [4.69, 9.17) is 19.6 Å². The predicted molar refractivity (Wildman–Crippen MR) is 150 cm³/mol. The number of aromatic nitrogens is 3. The molecule has 204 valence electrons. The minimum Gasteiger partial charge on any atom is -0.383 e. The Morgan fingerprint density at radius 2 is 1.97 bits per heavy atom. The molecule has 1 aliphatic carbocycles. The smallest absolute Gasteiger partial charge is 0.251 e. The molecule has 1 aliphatic heterocycles. The van der Waals surface area contributed by atoms with Crippen LogP contribution in [0.1, 0.15) is 55.5 Å². The van der Waals surface area contributed by atoms with Crippen molar-refractivity contribution in [3.8, 4) is 11.1 Å². The third-order valence-corrected chi connectivity index (χ3v) is 7.56. The normalized spacial score (nSPS) is 17.1. The highest BCUT2D eigenvalue weighted by molar-refractivity contribution is 5.97. The van der Waals surface area contributed by atoms with E-state index in [1.807, 2.05) is 35.8 Å². The molecule has 2 fully saturated rings. The fourth-order valence-corrected chi connectivity index (χ4v) is 4.91. The number of benzene rings is 1. The first-order valence-corrected chi connectivity index (χ1v) is 13.8. The van der Waals surface area contributed by atoms with Gasteiger partial charge in [-0.2, -0.15) is 9.61 Å². The first kappa shape index (κ1) is 26.4. The number of methoxy groups -OCH3 is 1. The van der Waals surface area contributed by atoms with E-state index >= 15 is 0 Å². The van der Waals surface area contributed by atoms with Gasteiger partial charge in [0.15, 0.2) is 5.65 Å². The molecule has 1 amide bonds. The van der Waals surface area contributed by atoms with Crippen molar-refractivity contribution in [2.45, 2.75) is 58.5 Å². The van der Waals surface area contributed by atoms with E-state index < -0.39 is 0 Å². The molecule has 0 radical (unpaired) electrons. The Balaban J connectivity index is 1.48. The Morgan fingerprint density at radius 3 is 2.66 bits per heavy atom. The van der Waals surface area contributed by atoms with E-state index in [0.29, 0.717) is 30.0 Å². The van der Waals surface area contributed by atoms with Crippen LogP contribution in [-0.2, 0) is 9.47 Å². The van der Waals surface area contributed by atoms with Crippen LogP contribution in [0.25, 0.3) is 16.8 Å². The molecule has 3 aromatic rings. The zero-order chi connectivity index (χ0) is 26.6. The summed E-state index contributed by atoms with van der Waals surface area (Å²) < 4.78 is 12.9. The first-order chi connectivity index (χ1) is 18.4. The number of carbonyl (C=O) groups is 1. The van der Waals surface area contributed by atoms with Crippen LogP contribution in [0.4, 0.5) is 11.6 Å². The molecule has 3 heterocycles. The predicted octanol–water partition coefficient (Wildman–Crippen LogP) is 4.52. The highest BCUT2D eigenvalue weighted by Gasteiger charge is 2.25. The number of aryl methyl sites for hydroxylation is 1. The van der Waals surface area contributed by atoms with Crippen LogP contribution in [0.15, 0.2) is 30.5 Å². The largest absolute Gasteiger partial charge is 0.383 e. The number of ether oxygens (including phenoxy) is 2. The number of nitrogens with one attached hydrogen (secondary N) is 3. The lowest BCUT2D eigenvalue weighted by molar-refractivity contribution is 0.0699. The molecule has 1 atom stereocenters. The maximum Gasteiger partial charge on any atom is 0.251 e. The van der Waals surface area contributed by atoms with E-state index in [2.05, 4.69) is 35.9 Å². The quantitative estimate of drug-likeness (QED) is 0.342. The van der Waals surface area contributed by atoms with Crippen LogP contribution in [0.3, 0.4) is 0 Å². The van der Waals surface area contributed by atoms with Gasteiger partial charge >= 0.3 is 0 Å². The molecule has 5 rings (SSSR count). The van der Waals surface area contributed by atoms with Gasteiger partial charge in [-0.05, 0) is 61.6 Å². The molecule has 2 aromatic heterocycles. The van der Waals surface area contributed by atoms with Crippen molar-refractivity contribution < 1.29 is 14.3 Å². The minimum absolute atomic E-state index is 0.00139.